The van der Waals surface area contributed by atoms with E-state index in [1.54, 1.807) is 32.1 Å². The number of Topliss-reactive ketones (excluding diaryl/α,β-unsaturated/α-hetero) is 1. The van der Waals surface area contributed by atoms with E-state index in [2.05, 4.69) is 5.32 Å². The normalized spacial score (nSPS) is 17.2. The maximum Gasteiger partial charge on any atom is 0.226 e. The summed E-state index contributed by atoms with van der Waals surface area (Å²) in [5.74, 6) is 2.98. The van der Waals surface area contributed by atoms with E-state index in [1.807, 2.05) is 37.3 Å². The van der Waals surface area contributed by atoms with Gasteiger partial charge in [-0.05, 0) is 25.8 Å². The van der Waals surface area contributed by atoms with Crippen LogP contribution < -0.4 is 19.5 Å². The van der Waals surface area contributed by atoms with Gasteiger partial charge in [-0.2, -0.15) is 4.98 Å². The molecule has 1 N–H and O–H groups in total. The van der Waals surface area contributed by atoms with Gasteiger partial charge in [0.2, 0.25) is 5.95 Å². The number of ketones is 1. The number of methoxy groups -OCH3 is 3. The number of anilines is 1. The predicted molar refractivity (Wildman–Crippen MR) is 124 cm³/mol. The molecule has 0 radical (unpaired) electrons. The molecule has 170 valence electrons. The summed E-state index contributed by atoms with van der Waals surface area (Å²) in [7, 11) is 4.77. The van der Waals surface area contributed by atoms with Crippen molar-refractivity contribution in [3.63, 3.8) is 0 Å². The van der Waals surface area contributed by atoms with Crippen molar-refractivity contribution < 1.29 is 19.0 Å². The van der Waals surface area contributed by atoms with Crippen LogP contribution in [0.15, 0.2) is 47.7 Å². The molecule has 2 aliphatic rings. The molecular weight excluding hydrogens is 420 g/mol. The summed E-state index contributed by atoms with van der Waals surface area (Å²) in [5, 5.41) is 8.21. The third-order valence-corrected chi connectivity index (χ3v) is 6.21. The minimum absolute atomic E-state index is 0.101. The van der Waals surface area contributed by atoms with E-state index >= 15 is 0 Å². The fourth-order valence-electron chi connectivity index (χ4n) is 4.54. The highest BCUT2D eigenvalue weighted by molar-refractivity contribution is 5.99. The van der Waals surface area contributed by atoms with E-state index in [4.69, 9.17) is 24.3 Å². The van der Waals surface area contributed by atoms with Gasteiger partial charge in [-0.1, -0.05) is 29.8 Å². The number of carbonyl (C=O) groups excluding carboxylic acids is 1. The van der Waals surface area contributed by atoms with Crippen molar-refractivity contribution in [1.82, 2.24) is 14.8 Å². The smallest absolute Gasteiger partial charge is 0.226 e. The lowest BCUT2D eigenvalue weighted by Gasteiger charge is -2.33. The Morgan fingerprint density at radius 1 is 0.970 bits per heavy atom. The summed E-state index contributed by atoms with van der Waals surface area (Å²) in [4.78, 5) is 17.9. The zero-order valence-corrected chi connectivity index (χ0v) is 19.1. The lowest BCUT2D eigenvalue weighted by Crippen LogP contribution is -2.31. The van der Waals surface area contributed by atoms with Crippen molar-refractivity contribution in [2.24, 2.45) is 0 Å². The zero-order valence-electron chi connectivity index (χ0n) is 19.1. The van der Waals surface area contributed by atoms with Crippen LogP contribution in [0, 0.1) is 6.92 Å². The van der Waals surface area contributed by atoms with Crippen LogP contribution in [0.25, 0.3) is 11.4 Å². The number of carbonyl (C=O) groups is 1. The Hall–Kier alpha value is -3.81. The highest BCUT2D eigenvalue weighted by atomic mass is 16.5. The second kappa shape index (κ2) is 8.27. The van der Waals surface area contributed by atoms with Crippen molar-refractivity contribution >= 4 is 11.7 Å². The van der Waals surface area contributed by atoms with Crippen LogP contribution in [0.3, 0.4) is 0 Å². The Morgan fingerprint density at radius 2 is 1.67 bits per heavy atom. The molecule has 2 aromatic carbocycles. The molecule has 0 saturated carbocycles. The van der Waals surface area contributed by atoms with Gasteiger partial charge >= 0.3 is 0 Å². The molecule has 1 aliphatic carbocycles. The SMILES string of the molecule is COc1cc(OC)c(C2C3=C(CCCC3=O)Nc3nc(-c4ccc(C)cc4)nn32)cc1OC. The van der Waals surface area contributed by atoms with Gasteiger partial charge in [-0.3, -0.25) is 4.79 Å². The summed E-state index contributed by atoms with van der Waals surface area (Å²) in [6, 6.07) is 11.2. The lowest BCUT2D eigenvalue weighted by atomic mass is 9.85. The summed E-state index contributed by atoms with van der Waals surface area (Å²) < 4.78 is 18.5. The van der Waals surface area contributed by atoms with Crippen LogP contribution in [-0.2, 0) is 4.79 Å². The molecule has 3 aromatic rings. The van der Waals surface area contributed by atoms with Gasteiger partial charge in [0.15, 0.2) is 23.1 Å². The van der Waals surface area contributed by atoms with Gasteiger partial charge in [-0.25, -0.2) is 4.68 Å². The monoisotopic (exact) mass is 446 g/mol. The van der Waals surface area contributed by atoms with Crippen LogP contribution >= 0.6 is 0 Å². The highest BCUT2D eigenvalue weighted by Crippen LogP contribution is 2.46. The van der Waals surface area contributed by atoms with Crippen LogP contribution in [0.4, 0.5) is 5.95 Å². The van der Waals surface area contributed by atoms with E-state index < -0.39 is 6.04 Å². The first-order valence-corrected chi connectivity index (χ1v) is 10.9. The third kappa shape index (κ3) is 3.51. The summed E-state index contributed by atoms with van der Waals surface area (Å²) in [6.07, 6.45) is 2.08. The molecule has 1 aliphatic heterocycles. The first kappa shape index (κ1) is 21.1. The molecule has 8 nitrogen and oxygen atoms in total. The summed E-state index contributed by atoms with van der Waals surface area (Å²) in [5.41, 5.74) is 4.42. The van der Waals surface area contributed by atoms with Gasteiger partial charge in [0.25, 0.3) is 0 Å². The fraction of sp³-hybridized carbons (Fsp3) is 0.320. The number of aryl methyl sites for hydroxylation is 1. The van der Waals surface area contributed by atoms with Crippen LogP contribution in [-0.4, -0.2) is 41.9 Å². The lowest BCUT2D eigenvalue weighted by molar-refractivity contribution is -0.116. The van der Waals surface area contributed by atoms with Crippen LogP contribution in [0.1, 0.15) is 36.4 Å². The molecule has 5 rings (SSSR count). The largest absolute Gasteiger partial charge is 0.496 e. The fourth-order valence-corrected chi connectivity index (χ4v) is 4.54. The van der Waals surface area contributed by atoms with E-state index in [1.165, 1.54) is 0 Å². The molecule has 1 atom stereocenters. The minimum Gasteiger partial charge on any atom is -0.496 e. The molecule has 1 unspecified atom stereocenters. The van der Waals surface area contributed by atoms with E-state index in [0.717, 1.165) is 35.2 Å². The van der Waals surface area contributed by atoms with Crippen molar-refractivity contribution in [1.29, 1.82) is 0 Å². The van der Waals surface area contributed by atoms with Gasteiger partial charge in [0.05, 0.1) is 21.3 Å². The maximum absolute atomic E-state index is 13.2. The number of allylic oxidation sites excluding steroid dienone is 2. The van der Waals surface area contributed by atoms with Gasteiger partial charge in [0.1, 0.15) is 11.8 Å². The van der Waals surface area contributed by atoms with Gasteiger partial charge < -0.3 is 19.5 Å². The van der Waals surface area contributed by atoms with Crippen LogP contribution in [0.5, 0.6) is 17.2 Å². The average molecular weight is 447 g/mol. The number of ether oxygens (including phenoxy) is 3. The Bertz CT molecular complexity index is 1260. The molecular formula is C25H26N4O4. The molecule has 33 heavy (non-hydrogen) atoms. The van der Waals surface area contributed by atoms with E-state index in [0.29, 0.717) is 41.0 Å². The number of nitrogens with one attached hydrogen (secondary N) is 1. The average Bonchev–Trinajstić information content (AvgIpc) is 3.26. The Morgan fingerprint density at radius 3 is 2.36 bits per heavy atom. The molecule has 0 spiro atoms. The molecule has 2 heterocycles. The quantitative estimate of drug-likeness (QED) is 0.625. The highest BCUT2D eigenvalue weighted by Gasteiger charge is 2.38. The topological polar surface area (TPSA) is 87.5 Å². The Kier molecular flexibility index (Phi) is 5.28. The predicted octanol–water partition coefficient (Wildman–Crippen LogP) is 4.30. The Labute approximate surface area is 192 Å². The number of fused-ring (bicyclic) bond motifs is 1. The van der Waals surface area contributed by atoms with Crippen molar-refractivity contribution in [2.45, 2.75) is 32.2 Å². The molecule has 1 aromatic heterocycles. The van der Waals surface area contributed by atoms with Gasteiger partial charge in [-0.15, -0.1) is 5.10 Å². The number of aromatic nitrogens is 3. The molecule has 0 saturated heterocycles. The van der Waals surface area contributed by atoms with Crippen molar-refractivity contribution in [3.05, 3.63) is 58.8 Å². The second-order valence-corrected chi connectivity index (χ2v) is 8.22. The third-order valence-electron chi connectivity index (χ3n) is 6.21. The standard InChI is InChI=1S/C25H26N4O4/c1-14-8-10-15(11-9-14)24-27-25-26-17-6-5-7-18(30)22(17)23(29(25)28-24)16-12-20(32-3)21(33-4)13-19(16)31-2/h8-13,23H,5-7H2,1-4H3,(H,26,27,28). The Balaban J connectivity index is 1.72. The summed E-state index contributed by atoms with van der Waals surface area (Å²) in [6.45, 7) is 2.04. The van der Waals surface area contributed by atoms with Gasteiger partial charge in [0, 0.05) is 34.9 Å². The maximum atomic E-state index is 13.2. The number of hydrogen-bond acceptors (Lipinski definition) is 7. The number of benzene rings is 2. The van der Waals surface area contributed by atoms with E-state index in [-0.39, 0.29) is 5.78 Å². The number of rotatable bonds is 5. The molecule has 0 amide bonds. The second-order valence-electron chi connectivity index (χ2n) is 8.22. The van der Waals surface area contributed by atoms with Crippen LogP contribution in [0.2, 0.25) is 0 Å². The molecule has 8 heteroatoms. The number of nitrogens with zero attached hydrogens (tertiary/aromatic N) is 3. The number of hydrogen-bond donors (Lipinski definition) is 1. The first-order valence-electron chi connectivity index (χ1n) is 10.9. The van der Waals surface area contributed by atoms with Crippen molar-refractivity contribution in [2.75, 3.05) is 26.6 Å². The molecule has 0 fully saturated rings. The zero-order chi connectivity index (χ0) is 23.1. The first-order chi connectivity index (χ1) is 16.0. The molecule has 0 bridgehead atoms. The van der Waals surface area contributed by atoms with E-state index in [9.17, 15) is 4.79 Å². The summed E-state index contributed by atoms with van der Waals surface area (Å²) >= 11 is 0. The van der Waals surface area contributed by atoms with Crippen molar-refractivity contribution in [3.8, 4) is 28.6 Å². The minimum atomic E-state index is -0.495.